The predicted octanol–water partition coefficient (Wildman–Crippen LogP) is 2.90. The van der Waals surface area contributed by atoms with E-state index in [-0.39, 0.29) is 5.78 Å². The lowest BCUT2D eigenvalue weighted by Gasteiger charge is -2.01. The first-order valence-electron chi connectivity index (χ1n) is 5.34. The maximum atomic E-state index is 11.7. The standard InChI is InChI=1S/C14H12N2O/c1-2-6-13(17)12-9-10-15-14(16-12)11-7-4-3-5-8-11/h2-5,7-10H,1,6H2. The smallest absolute Gasteiger partial charge is 0.185 e. The molecular formula is C14H12N2O. The Morgan fingerprint density at radius 2 is 2.00 bits per heavy atom. The van der Waals surface area contributed by atoms with Gasteiger partial charge in [-0.05, 0) is 6.07 Å². The summed E-state index contributed by atoms with van der Waals surface area (Å²) in [5.74, 6) is 0.528. The zero-order valence-corrected chi connectivity index (χ0v) is 9.34. The van der Waals surface area contributed by atoms with Crippen LogP contribution in [0.4, 0.5) is 0 Å². The molecule has 0 aliphatic heterocycles. The van der Waals surface area contributed by atoms with Crippen molar-refractivity contribution in [3.63, 3.8) is 0 Å². The Balaban J connectivity index is 2.35. The summed E-state index contributed by atoms with van der Waals surface area (Å²) >= 11 is 0. The number of hydrogen-bond donors (Lipinski definition) is 0. The van der Waals surface area contributed by atoms with Crippen LogP contribution < -0.4 is 0 Å². The van der Waals surface area contributed by atoms with Gasteiger partial charge in [0.25, 0.3) is 0 Å². The van der Waals surface area contributed by atoms with E-state index in [1.807, 2.05) is 30.3 Å². The molecule has 84 valence electrons. The van der Waals surface area contributed by atoms with Crippen molar-refractivity contribution < 1.29 is 4.79 Å². The summed E-state index contributed by atoms with van der Waals surface area (Å²) in [4.78, 5) is 20.1. The topological polar surface area (TPSA) is 42.9 Å². The van der Waals surface area contributed by atoms with E-state index in [0.29, 0.717) is 17.9 Å². The van der Waals surface area contributed by atoms with Gasteiger partial charge < -0.3 is 0 Å². The lowest BCUT2D eigenvalue weighted by atomic mass is 10.2. The number of ketones is 1. The van der Waals surface area contributed by atoms with Gasteiger partial charge in [-0.1, -0.05) is 36.4 Å². The van der Waals surface area contributed by atoms with Crippen LogP contribution in [0.25, 0.3) is 11.4 Å². The number of nitrogens with zero attached hydrogens (tertiary/aromatic N) is 2. The molecule has 1 heterocycles. The third kappa shape index (κ3) is 2.64. The maximum absolute atomic E-state index is 11.7. The fourth-order valence-electron chi connectivity index (χ4n) is 1.48. The van der Waals surface area contributed by atoms with Crippen molar-refractivity contribution in [2.24, 2.45) is 0 Å². The molecule has 0 amide bonds. The first-order valence-corrected chi connectivity index (χ1v) is 5.34. The molecule has 3 heteroatoms. The van der Waals surface area contributed by atoms with E-state index >= 15 is 0 Å². The number of benzene rings is 1. The van der Waals surface area contributed by atoms with Crippen molar-refractivity contribution >= 4 is 5.78 Å². The highest BCUT2D eigenvalue weighted by Gasteiger charge is 2.07. The lowest BCUT2D eigenvalue weighted by molar-refractivity contribution is 0.0991. The molecule has 2 rings (SSSR count). The summed E-state index contributed by atoms with van der Waals surface area (Å²) in [6, 6.07) is 11.2. The molecule has 3 nitrogen and oxygen atoms in total. The number of carbonyl (C=O) groups excluding carboxylic acids is 1. The van der Waals surface area contributed by atoms with Crippen molar-refractivity contribution in [3.8, 4) is 11.4 Å². The second-order valence-corrected chi connectivity index (χ2v) is 3.55. The van der Waals surface area contributed by atoms with Gasteiger partial charge in [-0.3, -0.25) is 4.79 Å². The molecule has 1 aromatic heterocycles. The minimum absolute atomic E-state index is 0.0421. The Kier molecular flexibility index (Phi) is 3.40. The quantitative estimate of drug-likeness (QED) is 0.592. The normalized spacial score (nSPS) is 9.88. The van der Waals surface area contributed by atoms with Gasteiger partial charge in [0.05, 0.1) is 0 Å². The van der Waals surface area contributed by atoms with Crippen LogP contribution in [0.15, 0.2) is 55.3 Å². The highest BCUT2D eigenvalue weighted by atomic mass is 16.1. The van der Waals surface area contributed by atoms with Crippen LogP contribution in [0.1, 0.15) is 16.9 Å². The Labute approximate surface area is 99.9 Å². The summed E-state index contributed by atoms with van der Waals surface area (Å²) in [5, 5.41) is 0. The molecule has 0 bridgehead atoms. The fraction of sp³-hybridized carbons (Fsp3) is 0.0714. The van der Waals surface area contributed by atoms with Crippen LogP contribution in [0.5, 0.6) is 0 Å². The van der Waals surface area contributed by atoms with Crippen LogP contribution in [0.3, 0.4) is 0 Å². The molecule has 0 atom stereocenters. The fourth-order valence-corrected chi connectivity index (χ4v) is 1.48. The molecule has 1 aromatic carbocycles. The van der Waals surface area contributed by atoms with Gasteiger partial charge in [0.15, 0.2) is 11.6 Å². The summed E-state index contributed by atoms with van der Waals surface area (Å²) in [6.45, 7) is 3.54. The summed E-state index contributed by atoms with van der Waals surface area (Å²) < 4.78 is 0. The van der Waals surface area contributed by atoms with Gasteiger partial charge >= 0.3 is 0 Å². The average Bonchev–Trinajstić information content (AvgIpc) is 2.40. The van der Waals surface area contributed by atoms with Gasteiger partial charge in [0, 0.05) is 18.2 Å². The van der Waals surface area contributed by atoms with Crippen LogP contribution in [0.2, 0.25) is 0 Å². The number of hydrogen-bond acceptors (Lipinski definition) is 3. The lowest BCUT2D eigenvalue weighted by Crippen LogP contribution is -2.02. The van der Waals surface area contributed by atoms with E-state index in [9.17, 15) is 4.79 Å². The zero-order chi connectivity index (χ0) is 12.1. The van der Waals surface area contributed by atoms with Gasteiger partial charge in [-0.25, -0.2) is 9.97 Å². The van der Waals surface area contributed by atoms with E-state index in [4.69, 9.17) is 0 Å². The number of rotatable bonds is 4. The van der Waals surface area contributed by atoms with Crippen molar-refractivity contribution in [1.29, 1.82) is 0 Å². The number of Topliss-reactive ketones (excluding diaryl/α,β-unsaturated/α-hetero) is 1. The third-order valence-corrected chi connectivity index (χ3v) is 2.30. The molecule has 17 heavy (non-hydrogen) atoms. The Bertz CT molecular complexity index is 535. The van der Waals surface area contributed by atoms with Crippen LogP contribution >= 0.6 is 0 Å². The molecule has 0 radical (unpaired) electrons. The van der Waals surface area contributed by atoms with Crippen LogP contribution in [-0.2, 0) is 0 Å². The van der Waals surface area contributed by atoms with E-state index in [2.05, 4.69) is 16.5 Å². The van der Waals surface area contributed by atoms with Crippen molar-refractivity contribution in [1.82, 2.24) is 9.97 Å². The SMILES string of the molecule is C=CCC(=O)c1ccnc(-c2ccccc2)n1. The minimum Gasteiger partial charge on any atom is -0.292 e. The Morgan fingerprint density at radius 3 is 2.71 bits per heavy atom. The maximum Gasteiger partial charge on any atom is 0.185 e. The number of carbonyl (C=O) groups is 1. The van der Waals surface area contributed by atoms with E-state index in [1.54, 1.807) is 18.3 Å². The van der Waals surface area contributed by atoms with E-state index in [1.165, 1.54) is 0 Å². The second kappa shape index (κ2) is 5.16. The number of aromatic nitrogens is 2. The zero-order valence-electron chi connectivity index (χ0n) is 9.34. The van der Waals surface area contributed by atoms with E-state index in [0.717, 1.165) is 5.56 Å². The summed E-state index contributed by atoms with van der Waals surface area (Å²) in [6.07, 6.45) is 3.48. The molecule has 0 saturated heterocycles. The predicted molar refractivity (Wildman–Crippen MR) is 66.6 cm³/mol. The van der Waals surface area contributed by atoms with Gasteiger partial charge in [0.1, 0.15) is 5.69 Å². The van der Waals surface area contributed by atoms with Crippen molar-refractivity contribution in [3.05, 3.63) is 60.9 Å². The Hall–Kier alpha value is -2.29. The molecule has 2 aromatic rings. The average molecular weight is 224 g/mol. The van der Waals surface area contributed by atoms with Gasteiger partial charge in [-0.15, -0.1) is 6.58 Å². The molecule has 0 fully saturated rings. The molecular weight excluding hydrogens is 212 g/mol. The first-order chi connectivity index (χ1) is 8.31. The molecule has 0 saturated carbocycles. The van der Waals surface area contributed by atoms with E-state index < -0.39 is 0 Å². The largest absolute Gasteiger partial charge is 0.292 e. The van der Waals surface area contributed by atoms with Gasteiger partial charge in [0.2, 0.25) is 0 Å². The van der Waals surface area contributed by atoms with Crippen molar-refractivity contribution in [2.45, 2.75) is 6.42 Å². The van der Waals surface area contributed by atoms with Gasteiger partial charge in [-0.2, -0.15) is 0 Å². The minimum atomic E-state index is -0.0421. The molecule has 0 aliphatic rings. The third-order valence-electron chi connectivity index (χ3n) is 2.30. The molecule has 0 N–H and O–H groups in total. The Morgan fingerprint density at radius 1 is 1.24 bits per heavy atom. The number of allylic oxidation sites excluding steroid dienone is 1. The summed E-state index contributed by atoms with van der Waals surface area (Å²) in [5.41, 5.74) is 1.33. The monoisotopic (exact) mass is 224 g/mol. The highest BCUT2D eigenvalue weighted by molar-refractivity contribution is 5.95. The van der Waals surface area contributed by atoms with Crippen molar-refractivity contribution in [2.75, 3.05) is 0 Å². The second-order valence-electron chi connectivity index (χ2n) is 3.55. The molecule has 0 spiro atoms. The first kappa shape index (κ1) is 11.2. The van der Waals surface area contributed by atoms with Crippen LogP contribution in [-0.4, -0.2) is 15.8 Å². The summed E-state index contributed by atoms with van der Waals surface area (Å²) in [7, 11) is 0. The molecule has 0 aliphatic carbocycles. The molecule has 0 unspecified atom stereocenters. The van der Waals surface area contributed by atoms with Crippen LogP contribution in [0, 0.1) is 0 Å². The highest BCUT2D eigenvalue weighted by Crippen LogP contribution is 2.14.